The Kier molecular flexibility index (Phi) is 4.20. The van der Waals surface area contributed by atoms with Crippen LogP contribution in [0.15, 0.2) is 0 Å². The Balaban J connectivity index is 1.68. The van der Waals surface area contributed by atoms with Gasteiger partial charge >= 0.3 is 5.97 Å². The third kappa shape index (κ3) is 2.80. The lowest BCUT2D eigenvalue weighted by Gasteiger charge is -2.40. The van der Waals surface area contributed by atoms with Crippen molar-refractivity contribution in [2.75, 3.05) is 6.54 Å². The fourth-order valence-electron chi connectivity index (χ4n) is 4.77. The summed E-state index contributed by atoms with van der Waals surface area (Å²) in [6.07, 6.45) is 7.23. The Labute approximate surface area is 125 Å². The summed E-state index contributed by atoms with van der Waals surface area (Å²) in [5.74, 6) is 0.439. The normalized spacial score (nSPS) is 38.7. The van der Waals surface area contributed by atoms with Crippen LogP contribution < -0.4 is 5.73 Å². The number of carboxylic acids is 1. The highest BCUT2D eigenvalue weighted by Crippen LogP contribution is 2.48. The molecule has 0 aromatic carbocycles. The lowest BCUT2D eigenvalue weighted by Crippen LogP contribution is -2.52. The minimum Gasteiger partial charge on any atom is -0.481 e. The summed E-state index contributed by atoms with van der Waals surface area (Å²) in [6.45, 7) is 0.781. The molecule has 0 radical (unpaired) electrons. The maximum Gasteiger partial charge on any atom is 0.303 e. The van der Waals surface area contributed by atoms with Crippen LogP contribution in [0.1, 0.15) is 51.4 Å². The highest BCUT2D eigenvalue weighted by Gasteiger charge is 2.50. The van der Waals surface area contributed by atoms with Crippen LogP contribution in [-0.4, -0.2) is 40.5 Å². The van der Waals surface area contributed by atoms with E-state index in [1.54, 1.807) is 0 Å². The summed E-state index contributed by atoms with van der Waals surface area (Å²) >= 11 is 0. The van der Waals surface area contributed by atoms with Crippen LogP contribution in [0.5, 0.6) is 0 Å². The highest BCUT2D eigenvalue weighted by atomic mass is 16.4. The molecule has 3 fully saturated rings. The van der Waals surface area contributed by atoms with Crippen LogP contribution >= 0.6 is 0 Å². The zero-order valence-corrected chi connectivity index (χ0v) is 12.5. The first kappa shape index (κ1) is 14.8. The third-order valence-corrected chi connectivity index (χ3v) is 5.87. The minimum atomic E-state index is -0.774. The van der Waals surface area contributed by atoms with Gasteiger partial charge in [0.2, 0.25) is 5.91 Å². The van der Waals surface area contributed by atoms with Gasteiger partial charge in [0.05, 0.1) is 5.92 Å². The predicted molar refractivity (Wildman–Crippen MR) is 78.5 cm³/mol. The number of carboxylic acid groups (broad SMARTS) is 1. The van der Waals surface area contributed by atoms with Crippen molar-refractivity contribution >= 4 is 11.9 Å². The van der Waals surface area contributed by atoms with E-state index in [4.69, 9.17) is 10.8 Å². The molecule has 0 spiro atoms. The second kappa shape index (κ2) is 5.95. The van der Waals surface area contributed by atoms with Crippen molar-refractivity contribution in [3.05, 3.63) is 0 Å². The van der Waals surface area contributed by atoms with Crippen LogP contribution in [0.25, 0.3) is 0 Å². The molecule has 5 nitrogen and oxygen atoms in total. The molecule has 5 atom stereocenters. The van der Waals surface area contributed by atoms with Gasteiger partial charge in [0.15, 0.2) is 0 Å². The van der Waals surface area contributed by atoms with Gasteiger partial charge in [-0.2, -0.15) is 0 Å². The SMILES string of the molecule is NC1C2CCC(C2)C1C(=O)N1CCCCC1CCC(=O)O. The molecule has 1 saturated heterocycles. The number of carbonyl (C=O) groups excluding carboxylic acids is 1. The molecule has 0 aromatic rings. The lowest BCUT2D eigenvalue weighted by atomic mass is 9.83. The molecule has 5 unspecified atom stereocenters. The molecule has 3 aliphatic rings. The molecule has 1 heterocycles. The number of likely N-dealkylation sites (tertiary alicyclic amines) is 1. The summed E-state index contributed by atoms with van der Waals surface area (Å²) in [4.78, 5) is 25.7. The Hall–Kier alpha value is -1.10. The Morgan fingerprint density at radius 3 is 2.57 bits per heavy atom. The van der Waals surface area contributed by atoms with Crippen molar-refractivity contribution in [3.8, 4) is 0 Å². The molecule has 118 valence electrons. The minimum absolute atomic E-state index is 0.00539. The van der Waals surface area contributed by atoms with E-state index in [9.17, 15) is 9.59 Å². The summed E-state index contributed by atoms with van der Waals surface area (Å²) in [6, 6.07) is 0.131. The third-order valence-electron chi connectivity index (χ3n) is 5.87. The van der Waals surface area contributed by atoms with Gasteiger partial charge < -0.3 is 15.7 Å². The highest BCUT2D eigenvalue weighted by molar-refractivity contribution is 5.81. The number of hydrogen-bond donors (Lipinski definition) is 2. The number of piperidine rings is 1. The number of rotatable bonds is 4. The number of nitrogens with two attached hydrogens (primary N) is 1. The zero-order valence-electron chi connectivity index (χ0n) is 12.5. The molecular weight excluding hydrogens is 268 g/mol. The lowest BCUT2D eigenvalue weighted by molar-refractivity contribution is -0.144. The number of aliphatic carboxylic acids is 1. The first-order valence-corrected chi connectivity index (χ1v) is 8.35. The fourth-order valence-corrected chi connectivity index (χ4v) is 4.77. The fraction of sp³-hybridized carbons (Fsp3) is 0.875. The second-order valence-electron chi connectivity index (χ2n) is 7.05. The van der Waals surface area contributed by atoms with E-state index in [-0.39, 0.29) is 30.3 Å². The van der Waals surface area contributed by atoms with Gasteiger partial charge in [-0.25, -0.2) is 0 Å². The standard InChI is InChI=1S/C16H26N2O3/c17-15-11-5-4-10(9-11)14(15)16(21)18-8-2-1-3-12(18)6-7-13(19)20/h10-12,14-15H,1-9,17H2,(H,19,20). The number of amides is 1. The molecule has 5 heteroatoms. The number of carbonyl (C=O) groups is 2. The van der Waals surface area contributed by atoms with Gasteiger partial charge in [-0.1, -0.05) is 0 Å². The van der Waals surface area contributed by atoms with E-state index in [0.29, 0.717) is 18.3 Å². The predicted octanol–water partition coefficient (Wildman–Crippen LogP) is 1.61. The summed E-state index contributed by atoms with van der Waals surface area (Å²) < 4.78 is 0. The van der Waals surface area contributed by atoms with Crippen LogP contribution in [-0.2, 0) is 9.59 Å². The number of hydrogen-bond acceptors (Lipinski definition) is 3. The molecule has 2 bridgehead atoms. The maximum absolute atomic E-state index is 13.0. The van der Waals surface area contributed by atoms with E-state index in [0.717, 1.165) is 38.6 Å². The van der Waals surface area contributed by atoms with Crippen molar-refractivity contribution in [3.63, 3.8) is 0 Å². The van der Waals surface area contributed by atoms with Crippen LogP contribution in [0, 0.1) is 17.8 Å². The molecule has 3 rings (SSSR count). The molecule has 2 saturated carbocycles. The largest absolute Gasteiger partial charge is 0.481 e. The van der Waals surface area contributed by atoms with Crippen LogP contribution in [0.4, 0.5) is 0 Å². The Bertz CT molecular complexity index is 424. The van der Waals surface area contributed by atoms with Gasteiger partial charge in [-0.3, -0.25) is 9.59 Å². The van der Waals surface area contributed by atoms with E-state index in [2.05, 4.69) is 0 Å². The average Bonchev–Trinajstić information content (AvgIpc) is 3.05. The zero-order chi connectivity index (χ0) is 15.0. The summed E-state index contributed by atoms with van der Waals surface area (Å²) in [5.41, 5.74) is 6.30. The van der Waals surface area contributed by atoms with Gasteiger partial charge in [0.25, 0.3) is 0 Å². The van der Waals surface area contributed by atoms with E-state index in [1.807, 2.05) is 4.90 Å². The smallest absolute Gasteiger partial charge is 0.303 e. The first-order valence-electron chi connectivity index (χ1n) is 8.35. The van der Waals surface area contributed by atoms with Gasteiger partial charge in [0.1, 0.15) is 0 Å². The number of nitrogens with zero attached hydrogens (tertiary/aromatic N) is 1. The van der Waals surface area contributed by atoms with Gasteiger partial charge in [-0.15, -0.1) is 0 Å². The van der Waals surface area contributed by atoms with Crippen LogP contribution in [0.3, 0.4) is 0 Å². The van der Waals surface area contributed by atoms with Gasteiger partial charge in [-0.05, 0) is 56.8 Å². The van der Waals surface area contributed by atoms with Crippen molar-refractivity contribution in [1.29, 1.82) is 0 Å². The van der Waals surface area contributed by atoms with E-state index >= 15 is 0 Å². The monoisotopic (exact) mass is 294 g/mol. The quantitative estimate of drug-likeness (QED) is 0.825. The van der Waals surface area contributed by atoms with Crippen molar-refractivity contribution in [2.45, 2.75) is 63.5 Å². The summed E-state index contributed by atoms with van der Waals surface area (Å²) in [5, 5.41) is 8.89. The average molecular weight is 294 g/mol. The van der Waals surface area contributed by atoms with Crippen molar-refractivity contribution < 1.29 is 14.7 Å². The molecule has 1 amide bonds. The van der Waals surface area contributed by atoms with Crippen molar-refractivity contribution in [1.82, 2.24) is 4.90 Å². The molecular formula is C16H26N2O3. The molecule has 3 N–H and O–H groups in total. The molecule has 21 heavy (non-hydrogen) atoms. The molecule has 0 aromatic heterocycles. The number of fused-ring (bicyclic) bond motifs is 2. The Morgan fingerprint density at radius 1 is 1.14 bits per heavy atom. The van der Waals surface area contributed by atoms with Gasteiger partial charge in [0, 0.05) is 25.0 Å². The Morgan fingerprint density at radius 2 is 1.90 bits per heavy atom. The van der Waals surface area contributed by atoms with Crippen LogP contribution in [0.2, 0.25) is 0 Å². The van der Waals surface area contributed by atoms with E-state index in [1.165, 1.54) is 6.42 Å². The summed E-state index contributed by atoms with van der Waals surface area (Å²) in [7, 11) is 0. The molecule has 2 aliphatic carbocycles. The molecule has 1 aliphatic heterocycles. The maximum atomic E-state index is 13.0. The van der Waals surface area contributed by atoms with E-state index < -0.39 is 5.97 Å². The first-order chi connectivity index (χ1) is 10.1. The second-order valence-corrected chi connectivity index (χ2v) is 7.05. The van der Waals surface area contributed by atoms with Crippen molar-refractivity contribution in [2.24, 2.45) is 23.5 Å². The topological polar surface area (TPSA) is 83.6 Å².